The molecule has 1 atom stereocenters. The fourth-order valence-electron chi connectivity index (χ4n) is 3.14. The molecule has 0 bridgehead atoms. The Morgan fingerprint density at radius 2 is 1.73 bits per heavy atom. The first-order valence-corrected chi connectivity index (χ1v) is 11.8. The van der Waals surface area contributed by atoms with Crippen molar-refractivity contribution in [3.63, 3.8) is 0 Å². The van der Waals surface area contributed by atoms with E-state index in [2.05, 4.69) is 4.72 Å². The molecule has 3 aromatic rings. The summed E-state index contributed by atoms with van der Waals surface area (Å²) >= 11 is 7.26. The largest absolute Gasteiger partial charge is 0.295 e. The van der Waals surface area contributed by atoms with E-state index in [4.69, 9.17) is 11.6 Å². The number of rotatable bonds is 5. The van der Waals surface area contributed by atoms with Crippen LogP contribution in [0.5, 0.6) is 0 Å². The van der Waals surface area contributed by atoms with Gasteiger partial charge in [0.25, 0.3) is 10.0 Å². The second kappa shape index (κ2) is 8.29. The van der Waals surface area contributed by atoms with Gasteiger partial charge in [-0.25, -0.2) is 12.8 Å². The van der Waals surface area contributed by atoms with Gasteiger partial charge in [0.1, 0.15) is 11.2 Å². The average Bonchev–Trinajstić information content (AvgIpc) is 3.10. The Bertz CT molecular complexity index is 1190. The second-order valence-electron chi connectivity index (χ2n) is 6.59. The van der Waals surface area contributed by atoms with Crippen LogP contribution in [0.2, 0.25) is 5.02 Å². The number of nitrogens with zero attached hydrogens (tertiary/aromatic N) is 1. The summed E-state index contributed by atoms with van der Waals surface area (Å²) in [6.45, 7) is 0. The minimum atomic E-state index is -3.79. The Kier molecular flexibility index (Phi) is 5.73. The van der Waals surface area contributed by atoms with Gasteiger partial charge < -0.3 is 0 Å². The lowest BCUT2D eigenvalue weighted by Gasteiger charge is -2.24. The van der Waals surface area contributed by atoms with Crippen molar-refractivity contribution in [2.24, 2.45) is 0 Å². The predicted octanol–water partition coefficient (Wildman–Crippen LogP) is 5.06. The van der Waals surface area contributed by atoms with E-state index >= 15 is 0 Å². The highest BCUT2D eigenvalue weighted by Crippen LogP contribution is 2.42. The molecule has 3 aromatic carbocycles. The summed E-state index contributed by atoms with van der Waals surface area (Å²) in [4.78, 5) is 14.1. The van der Waals surface area contributed by atoms with Crippen molar-refractivity contribution in [3.05, 3.63) is 89.2 Å². The number of hydrogen-bond acceptors (Lipinski definition) is 4. The Hall–Kier alpha value is -2.55. The molecular weight excluding hydrogens is 447 g/mol. The summed E-state index contributed by atoms with van der Waals surface area (Å²) < 4.78 is 41.2. The molecule has 1 saturated heterocycles. The van der Waals surface area contributed by atoms with Crippen molar-refractivity contribution >= 4 is 50.7 Å². The van der Waals surface area contributed by atoms with E-state index in [1.807, 2.05) is 6.07 Å². The summed E-state index contributed by atoms with van der Waals surface area (Å²) in [6, 6.07) is 18.5. The van der Waals surface area contributed by atoms with Crippen molar-refractivity contribution < 1.29 is 17.6 Å². The van der Waals surface area contributed by atoms with Crippen molar-refractivity contribution in [2.45, 2.75) is 10.3 Å². The van der Waals surface area contributed by atoms with Crippen molar-refractivity contribution in [1.29, 1.82) is 0 Å². The molecule has 9 heteroatoms. The maximum atomic E-state index is 13.3. The van der Waals surface area contributed by atoms with E-state index in [0.717, 1.165) is 5.56 Å². The molecule has 1 amide bonds. The van der Waals surface area contributed by atoms with Gasteiger partial charge >= 0.3 is 0 Å². The average molecular weight is 463 g/mol. The number of carbonyl (C=O) groups is 1. The van der Waals surface area contributed by atoms with Gasteiger partial charge in [-0.1, -0.05) is 23.7 Å². The molecule has 0 radical (unpaired) electrons. The Morgan fingerprint density at radius 1 is 1.03 bits per heavy atom. The monoisotopic (exact) mass is 462 g/mol. The molecule has 0 spiro atoms. The van der Waals surface area contributed by atoms with E-state index in [-0.39, 0.29) is 27.7 Å². The highest BCUT2D eigenvalue weighted by molar-refractivity contribution is 8.00. The molecule has 30 heavy (non-hydrogen) atoms. The van der Waals surface area contributed by atoms with Crippen LogP contribution in [-0.4, -0.2) is 20.1 Å². The van der Waals surface area contributed by atoms with Crippen LogP contribution in [0.15, 0.2) is 77.7 Å². The van der Waals surface area contributed by atoms with Gasteiger partial charge in [-0.3, -0.25) is 14.4 Å². The number of hydrogen-bond donors (Lipinski definition) is 1. The molecule has 1 heterocycles. The van der Waals surface area contributed by atoms with Gasteiger partial charge in [0.05, 0.1) is 10.6 Å². The van der Waals surface area contributed by atoms with Crippen LogP contribution in [0, 0.1) is 5.82 Å². The Morgan fingerprint density at radius 3 is 2.43 bits per heavy atom. The third-order valence-corrected chi connectivity index (χ3v) is 7.38. The maximum Gasteiger partial charge on any atom is 0.261 e. The first-order valence-electron chi connectivity index (χ1n) is 8.91. The first-order chi connectivity index (χ1) is 14.3. The highest BCUT2D eigenvalue weighted by Gasteiger charge is 2.34. The summed E-state index contributed by atoms with van der Waals surface area (Å²) in [6.07, 6.45) is 0. The topological polar surface area (TPSA) is 66.5 Å². The summed E-state index contributed by atoms with van der Waals surface area (Å²) in [5, 5.41) is 0.0997. The lowest BCUT2D eigenvalue weighted by Crippen LogP contribution is -2.27. The molecule has 4 rings (SSSR count). The molecular formula is C21H16ClFN2O3S2. The zero-order chi connectivity index (χ0) is 21.3. The lowest BCUT2D eigenvalue weighted by molar-refractivity contribution is -0.115. The zero-order valence-corrected chi connectivity index (χ0v) is 17.8. The fraction of sp³-hybridized carbons (Fsp3) is 0.0952. The van der Waals surface area contributed by atoms with Crippen molar-refractivity contribution in [2.75, 3.05) is 15.4 Å². The van der Waals surface area contributed by atoms with E-state index in [1.54, 1.807) is 35.2 Å². The minimum absolute atomic E-state index is 0.0932. The van der Waals surface area contributed by atoms with Gasteiger partial charge in [-0.15, -0.1) is 11.8 Å². The number of sulfonamides is 1. The van der Waals surface area contributed by atoms with E-state index in [1.165, 1.54) is 48.2 Å². The highest BCUT2D eigenvalue weighted by atomic mass is 35.5. The molecule has 0 aromatic heterocycles. The SMILES string of the molecule is O=C1CSC(c2cccc(NS(=O)(=O)c3ccc(Cl)cc3)c2)N1c1ccc(F)cc1. The molecule has 1 aliphatic rings. The zero-order valence-electron chi connectivity index (χ0n) is 15.5. The smallest absolute Gasteiger partial charge is 0.261 e. The van der Waals surface area contributed by atoms with Gasteiger partial charge in [0.15, 0.2) is 0 Å². The predicted molar refractivity (Wildman–Crippen MR) is 118 cm³/mol. The van der Waals surface area contributed by atoms with Crippen LogP contribution in [0.1, 0.15) is 10.9 Å². The molecule has 1 fully saturated rings. The number of benzene rings is 3. The van der Waals surface area contributed by atoms with Gasteiger partial charge in [-0.2, -0.15) is 0 Å². The van der Waals surface area contributed by atoms with Gasteiger partial charge in [0.2, 0.25) is 5.91 Å². The Balaban J connectivity index is 1.62. The van der Waals surface area contributed by atoms with E-state index < -0.39 is 10.0 Å². The van der Waals surface area contributed by atoms with Crippen LogP contribution in [0.3, 0.4) is 0 Å². The summed E-state index contributed by atoms with van der Waals surface area (Å²) in [5.74, 6) is -0.195. The third-order valence-electron chi connectivity index (χ3n) is 4.52. The standard InChI is InChI=1S/C21H16ClFN2O3S2/c22-15-4-10-19(11-5-15)30(27,28)24-17-3-1-2-14(12-17)21-25(20(26)13-29-21)18-8-6-16(23)7-9-18/h1-12,21,24H,13H2. The van der Waals surface area contributed by atoms with Crippen LogP contribution < -0.4 is 9.62 Å². The third kappa shape index (κ3) is 4.30. The number of thioether (sulfide) groups is 1. The molecule has 5 nitrogen and oxygen atoms in total. The number of carbonyl (C=O) groups excluding carboxylic acids is 1. The molecule has 1 aliphatic heterocycles. The van der Waals surface area contributed by atoms with Gasteiger partial charge in [-0.05, 0) is 66.2 Å². The van der Waals surface area contributed by atoms with Crippen LogP contribution in [0.25, 0.3) is 0 Å². The number of nitrogens with one attached hydrogen (secondary N) is 1. The summed E-state index contributed by atoms with van der Waals surface area (Å²) in [5.41, 5.74) is 1.72. The maximum absolute atomic E-state index is 13.3. The normalized spacial score (nSPS) is 16.7. The fourth-order valence-corrected chi connectivity index (χ4v) is 5.48. The first kappa shape index (κ1) is 20.7. The van der Waals surface area contributed by atoms with Crippen molar-refractivity contribution in [1.82, 2.24) is 0 Å². The van der Waals surface area contributed by atoms with E-state index in [9.17, 15) is 17.6 Å². The molecule has 0 aliphatic carbocycles. The summed E-state index contributed by atoms with van der Waals surface area (Å²) in [7, 11) is -3.79. The van der Waals surface area contributed by atoms with Crippen LogP contribution in [0.4, 0.5) is 15.8 Å². The lowest BCUT2D eigenvalue weighted by atomic mass is 10.1. The quantitative estimate of drug-likeness (QED) is 0.575. The van der Waals surface area contributed by atoms with Crippen LogP contribution in [-0.2, 0) is 14.8 Å². The molecule has 154 valence electrons. The van der Waals surface area contributed by atoms with Gasteiger partial charge in [0, 0.05) is 16.4 Å². The molecule has 1 N–H and O–H groups in total. The number of anilines is 2. The van der Waals surface area contributed by atoms with E-state index in [0.29, 0.717) is 16.4 Å². The van der Waals surface area contributed by atoms with Crippen LogP contribution >= 0.6 is 23.4 Å². The van der Waals surface area contributed by atoms with Crippen molar-refractivity contribution in [3.8, 4) is 0 Å². The molecule has 0 saturated carbocycles. The number of amides is 1. The second-order valence-corrected chi connectivity index (χ2v) is 9.78. The minimum Gasteiger partial charge on any atom is -0.295 e. The number of halogens is 2. The molecule has 1 unspecified atom stereocenters. The Labute approximate surface area is 182 Å².